The van der Waals surface area contributed by atoms with Gasteiger partial charge in [0.05, 0.1) is 24.8 Å². The van der Waals surface area contributed by atoms with Crippen molar-refractivity contribution in [2.45, 2.75) is 31.7 Å². The van der Waals surface area contributed by atoms with Gasteiger partial charge in [0.25, 0.3) is 5.91 Å². The summed E-state index contributed by atoms with van der Waals surface area (Å²) in [5.41, 5.74) is 0.417. The van der Waals surface area contributed by atoms with Gasteiger partial charge in [0.15, 0.2) is 0 Å². The minimum Gasteiger partial charge on any atom is -0.494 e. The number of hydrogen-bond donors (Lipinski definition) is 2. The molecule has 0 aliphatic heterocycles. The fraction of sp³-hybridized carbons (Fsp3) is 0.500. The lowest BCUT2D eigenvalue weighted by molar-refractivity contribution is -0.143. The van der Waals surface area contributed by atoms with Gasteiger partial charge < -0.3 is 15.2 Å². The SMILES string of the molecule is COc1cnccc1C(=O)NC1CCCC(C(=O)O)C1. The first kappa shape index (κ1) is 14.3. The molecule has 2 N–H and O–H groups in total. The van der Waals surface area contributed by atoms with E-state index in [2.05, 4.69) is 10.3 Å². The maximum atomic E-state index is 12.2. The highest BCUT2D eigenvalue weighted by molar-refractivity contribution is 5.96. The van der Waals surface area contributed by atoms with E-state index in [1.165, 1.54) is 19.5 Å². The smallest absolute Gasteiger partial charge is 0.306 e. The molecular weight excluding hydrogens is 260 g/mol. The zero-order valence-corrected chi connectivity index (χ0v) is 11.3. The van der Waals surface area contributed by atoms with Crippen LogP contribution in [0.25, 0.3) is 0 Å². The van der Waals surface area contributed by atoms with Crippen LogP contribution < -0.4 is 10.1 Å². The van der Waals surface area contributed by atoms with E-state index in [0.29, 0.717) is 24.2 Å². The maximum absolute atomic E-state index is 12.2. The van der Waals surface area contributed by atoms with E-state index < -0.39 is 5.97 Å². The second-order valence-corrected chi connectivity index (χ2v) is 4.95. The lowest BCUT2D eigenvalue weighted by Crippen LogP contribution is -2.40. The molecule has 1 aliphatic rings. The second kappa shape index (κ2) is 6.36. The van der Waals surface area contributed by atoms with Crippen LogP contribution in [0.3, 0.4) is 0 Å². The molecule has 1 aromatic rings. The van der Waals surface area contributed by atoms with E-state index in [4.69, 9.17) is 9.84 Å². The van der Waals surface area contributed by atoms with Crippen LogP contribution in [-0.4, -0.2) is 35.1 Å². The maximum Gasteiger partial charge on any atom is 0.306 e. The third-order valence-corrected chi connectivity index (χ3v) is 3.61. The van der Waals surface area contributed by atoms with Crippen LogP contribution in [0.5, 0.6) is 5.75 Å². The first-order valence-corrected chi connectivity index (χ1v) is 6.63. The molecule has 1 saturated carbocycles. The Labute approximate surface area is 117 Å². The molecule has 1 amide bonds. The van der Waals surface area contributed by atoms with Crippen molar-refractivity contribution < 1.29 is 19.4 Å². The van der Waals surface area contributed by atoms with Crippen molar-refractivity contribution >= 4 is 11.9 Å². The summed E-state index contributed by atoms with van der Waals surface area (Å²) >= 11 is 0. The Hall–Kier alpha value is -2.11. The van der Waals surface area contributed by atoms with Crippen molar-refractivity contribution in [3.63, 3.8) is 0 Å². The standard InChI is InChI=1S/C14H18N2O4/c1-20-12-8-15-6-5-11(12)13(17)16-10-4-2-3-9(7-10)14(18)19/h5-6,8-10H,2-4,7H2,1H3,(H,16,17)(H,18,19). The number of carboxylic acid groups (broad SMARTS) is 1. The number of hydrogen-bond acceptors (Lipinski definition) is 4. The van der Waals surface area contributed by atoms with Gasteiger partial charge in [-0.2, -0.15) is 0 Å². The summed E-state index contributed by atoms with van der Waals surface area (Å²) in [5, 5.41) is 11.9. The normalized spacial score (nSPS) is 22.1. The van der Waals surface area contributed by atoms with E-state index in [9.17, 15) is 9.59 Å². The van der Waals surface area contributed by atoms with Gasteiger partial charge >= 0.3 is 5.97 Å². The predicted octanol–water partition coefficient (Wildman–Crippen LogP) is 1.46. The monoisotopic (exact) mass is 278 g/mol. The molecule has 1 fully saturated rings. The molecule has 0 saturated heterocycles. The average Bonchev–Trinajstić information content (AvgIpc) is 2.47. The summed E-state index contributed by atoms with van der Waals surface area (Å²) < 4.78 is 5.10. The van der Waals surface area contributed by atoms with E-state index in [-0.39, 0.29) is 17.9 Å². The van der Waals surface area contributed by atoms with Crippen LogP contribution in [-0.2, 0) is 4.79 Å². The largest absolute Gasteiger partial charge is 0.494 e. The zero-order chi connectivity index (χ0) is 14.5. The molecule has 0 bridgehead atoms. The topological polar surface area (TPSA) is 88.5 Å². The number of carbonyl (C=O) groups excluding carboxylic acids is 1. The fourth-order valence-electron chi connectivity index (χ4n) is 2.54. The van der Waals surface area contributed by atoms with E-state index in [1.807, 2.05) is 0 Å². The first-order chi connectivity index (χ1) is 9.61. The quantitative estimate of drug-likeness (QED) is 0.870. The van der Waals surface area contributed by atoms with Crippen molar-refractivity contribution in [3.8, 4) is 5.75 Å². The van der Waals surface area contributed by atoms with Gasteiger partial charge in [-0.25, -0.2) is 0 Å². The van der Waals surface area contributed by atoms with Crippen LogP contribution in [0.1, 0.15) is 36.0 Å². The molecule has 0 aromatic carbocycles. The summed E-state index contributed by atoms with van der Waals surface area (Å²) in [6.45, 7) is 0. The molecule has 6 nitrogen and oxygen atoms in total. The molecular formula is C14H18N2O4. The Bertz CT molecular complexity index is 504. The highest BCUT2D eigenvalue weighted by Crippen LogP contribution is 2.25. The number of methoxy groups -OCH3 is 1. The van der Waals surface area contributed by atoms with E-state index in [1.54, 1.807) is 6.07 Å². The number of aromatic nitrogens is 1. The van der Waals surface area contributed by atoms with Crippen LogP contribution >= 0.6 is 0 Å². The molecule has 1 aromatic heterocycles. The molecule has 108 valence electrons. The van der Waals surface area contributed by atoms with Crippen LogP contribution in [0.2, 0.25) is 0 Å². The van der Waals surface area contributed by atoms with E-state index in [0.717, 1.165) is 12.8 Å². The molecule has 0 spiro atoms. The minimum absolute atomic E-state index is 0.102. The van der Waals surface area contributed by atoms with Crippen molar-refractivity contribution in [1.29, 1.82) is 0 Å². The summed E-state index contributed by atoms with van der Waals surface area (Å²) in [5.74, 6) is -0.991. The Morgan fingerprint density at radius 3 is 2.95 bits per heavy atom. The number of aliphatic carboxylic acids is 1. The number of rotatable bonds is 4. The van der Waals surface area contributed by atoms with Gasteiger partial charge in [0.1, 0.15) is 5.75 Å². The Balaban J connectivity index is 2.02. The van der Waals surface area contributed by atoms with Gasteiger partial charge in [-0.15, -0.1) is 0 Å². The van der Waals surface area contributed by atoms with Crippen molar-refractivity contribution in [2.75, 3.05) is 7.11 Å². The number of amides is 1. The molecule has 1 heterocycles. The Kier molecular flexibility index (Phi) is 4.55. The summed E-state index contributed by atoms with van der Waals surface area (Å²) in [4.78, 5) is 27.1. The third kappa shape index (κ3) is 3.26. The third-order valence-electron chi connectivity index (χ3n) is 3.61. The number of ether oxygens (including phenoxy) is 1. The van der Waals surface area contributed by atoms with Crippen molar-refractivity contribution in [1.82, 2.24) is 10.3 Å². The predicted molar refractivity (Wildman–Crippen MR) is 71.6 cm³/mol. The summed E-state index contributed by atoms with van der Waals surface area (Å²) in [6, 6.07) is 1.49. The van der Waals surface area contributed by atoms with Gasteiger partial charge in [-0.05, 0) is 25.3 Å². The number of nitrogens with zero attached hydrogens (tertiary/aromatic N) is 1. The molecule has 0 radical (unpaired) electrons. The Morgan fingerprint density at radius 2 is 2.25 bits per heavy atom. The highest BCUT2D eigenvalue weighted by Gasteiger charge is 2.28. The van der Waals surface area contributed by atoms with Gasteiger partial charge in [-0.1, -0.05) is 6.42 Å². The molecule has 20 heavy (non-hydrogen) atoms. The highest BCUT2D eigenvalue weighted by atomic mass is 16.5. The van der Waals surface area contributed by atoms with Gasteiger partial charge in [0.2, 0.25) is 0 Å². The fourth-order valence-corrected chi connectivity index (χ4v) is 2.54. The zero-order valence-electron chi connectivity index (χ0n) is 11.3. The molecule has 2 rings (SSSR count). The first-order valence-electron chi connectivity index (χ1n) is 6.63. The van der Waals surface area contributed by atoms with Gasteiger partial charge in [0, 0.05) is 12.2 Å². The van der Waals surface area contributed by atoms with E-state index >= 15 is 0 Å². The molecule has 2 atom stereocenters. The average molecular weight is 278 g/mol. The summed E-state index contributed by atoms with van der Waals surface area (Å²) in [7, 11) is 1.48. The van der Waals surface area contributed by atoms with Crippen LogP contribution in [0, 0.1) is 5.92 Å². The van der Waals surface area contributed by atoms with Gasteiger partial charge in [-0.3, -0.25) is 14.6 Å². The van der Waals surface area contributed by atoms with Crippen LogP contribution in [0.15, 0.2) is 18.5 Å². The summed E-state index contributed by atoms with van der Waals surface area (Å²) in [6.07, 6.45) is 5.79. The number of nitrogens with one attached hydrogen (secondary N) is 1. The van der Waals surface area contributed by atoms with Crippen molar-refractivity contribution in [2.24, 2.45) is 5.92 Å². The Morgan fingerprint density at radius 1 is 1.45 bits per heavy atom. The number of carbonyl (C=O) groups is 2. The molecule has 1 aliphatic carbocycles. The number of carboxylic acids is 1. The minimum atomic E-state index is -0.787. The lowest BCUT2D eigenvalue weighted by Gasteiger charge is -2.27. The molecule has 2 unspecified atom stereocenters. The molecule has 6 heteroatoms. The lowest BCUT2D eigenvalue weighted by atomic mass is 9.85. The second-order valence-electron chi connectivity index (χ2n) is 4.95. The van der Waals surface area contributed by atoms with Crippen LogP contribution in [0.4, 0.5) is 0 Å². The van der Waals surface area contributed by atoms with Crippen molar-refractivity contribution in [3.05, 3.63) is 24.0 Å². The number of pyridine rings is 1.